The van der Waals surface area contributed by atoms with Gasteiger partial charge >= 0.3 is 0 Å². The van der Waals surface area contributed by atoms with Gasteiger partial charge in [0.15, 0.2) is 0 Å². The normalized spacial score (nSPS) is 12.9. The molecule has 0 spiro atoms. The molecule has 0 aliphatic carbocycles. The van der Waals surface area contributed by atoms with Gasteiger partial charge in [-0.05, 0) is 42.0 Å². The lowest BCUT2D eigenvalue weighted by Crippen LogP contribution is -2.17. The zero-order valence-corrected chi connectivity index (χ0v) is 11.7. The maximum absolute atomic E-state index is 5.34. The second kappa shape index (κ2) is 5.17. The van der Waals surface area contributed by atoms with E-state index in [2.05, 4.69) is 38.8 Å². The fourth-order valence-corrected chi connectivity index (χ4v) is 3.19. The highest BCUT2D eigenvalue weighted by Crippen LogP contribution is 2.26. The van der Waals surface area contributed by atoms with Gasteiger partial charge < -0.3 is 9.73 Å². The van der Waals surface area contributed by atoms with E-state index >= 15 is 0 Å². The molecule has 0 saturated carbocycles. The summed E-state index contributed by atoms with van der Waals surface area (Å²) in [6.45, 7) is 1.97. The number of furan rings is 1. The minimum Gasteiger partial charge on any atom is -0.469 e. The van der Waals surface area contributed by atoms with Crippen LogP contribution < -0.4 is 5.32 Å². The summed E-state index contributed by atoms with van der Waals surface area (Å²) in [5.41, 5.74) is 1.21. The average molecular weight is 300 g/mol. The summed E-state index contributed by atoms with van der Waals surface area (Å²) in [7, 11) is 1.98. The molecule has 4 heteroatoms. The lowest BCUT2D eigenvalue weighted by molar-refractivity contribution is 0.521. The molecule has 2 rings (SSSR count). The van der Waals surface area contributed by atoms with Crippen LogP contribution in [0.25, 0.3) is 0 Å². The van der Waals surface area contributed by atoms with E-state index in [1.54, 1.807) is 11.3 Å². The molecule has 0 amide bonds. The molecular weight excluding hydrogens is 286 g/mol. The van der Waals surface area contributed by atoms with Crippen molar-refractivity contribution in [1.29, 1.82) is 0 Å². The quantitative estimate of drug-likeness (QED) is 0.926. The molecule has 0 aliphatic rings. The van der Waals surface area contributed by atoms with Crippen molar-refractivity contribution in [2.24, 2.45) is 0 Å². The summed E-state index contributed by atoms with van der Waals surface area (Å²) in [5.74, 6) is 0.961. The second-order valence-electron chi connectivity index (χ2n) is 3.77. The van der Waals surface area contributed by atoms with Crippen molar-refractivity contribution in [1.82, 2.24) is 5.32 Å². The molecule has 1 atom stereocenters. The van der Waals surface area contributed by atoms with Crippen molar-refractivity contribution >= 4 is 27.3 Å². The molecule has 0 saturated heterocycles. The van der Waals surface area contributed by atoms with Crippen molar-refractivity contribution in [3.63, 3.8) is 0 Å². The first-order valence-electron chi connectivity index (χ1n) is 5.14. The van der Waals surface area contributed by atoms with E-state index in [1.807, 2.05) is 20.2 Å². The summed E-state index contributed by atoms with van der Waals surface area (Å²) in [6, 6.07) is 4.58. The number of nitrogens with one attached hydrogen (secondary N) is 1. The number of thiophene rings is 1. The average Bonchev–Trinajstić information content (AvgIpc) is 2.84. The number of halogens is 1. The molecule has 1 unspecified atom stereocenters. The lowest BCUT2D eigenvalue weighted by Gasteiger charge is -2.12. The van der Waals surface area contributed by atoms with Crippen LogP contribution in [-0.4, -0.2) is 7.05 Å². The molecule has 0 aromatic carbocycles. The molecular formula is C12H14BrNOS. The van der Waals surface area contributed by atoms with Gasteiger partial charge in [-0.25, -0.2) is 0 Å². The fourth-order valence-electron chi connectivity index (χ4n) is 1.70. The van der Waals surface area contributed by atoms with Crippen LogP contribution in [0, 0.1) is 6.92 Å². The van der Waals surface area contributed by atoms with Gasteiger partial charge in [0.1, 0.15) is 5.76 Å². The van der Waals surface area contributed by atoms with E-state index in [0.717, 1.165) is 16.7 Å². The zero-order valence-electron chi connectivity index (χ0n) is 9.29. The van der Waals surface area contributed by atoms with Gasteiger partial charge in [-0.3, -0.25) is 0 Å². The van der Waals surface area contributed by atoms with Gasteiger partial charge in [0.25, 0.3) is 0 Å². The predicted octanol–water partition coefficient (Wildman–Crippen LogP) is 3.92. The predicted molar refractivity (Wildman–Crippen MR) is 71.0 cm³/mol. The molecule has 0 bridgehead atoms. The highest BCUT2D eigenvalue weighted by atomic mass is 79.9. The largest absolute Gasteiger partial charge is 0.469 e. The molecule has 0 aliphatic heterocycles. The number of likely N-dealkylation sites (N-methyl/N-ethyl adjacent to an activating group) is 1. The Morgan fingerprint density at radius 3 is 2.81 bits per heavy atom. The van der Waals surface area contributed by atoms with Gasteiger partial charge in [0.05, 0.1) is 6.26 Å². The van der Waals surface area contributed by atoms with Crippen LogP contribution in [0.4, 0.5) is 0 Å². The highest BCUT2D eigenvalue weighted by molar-refractivity contribution is 9.10. The van der Waals surface area contributed by atoms with Crippen LogP contribution in [0.1, 0.15) is 22.2 Å². The number of hydrogen-bond donors (Lipinski definition) is 1. The summed E-state index contributed by atoms with van der Waals surface area (Å²) in [5, 5.41) is 5.43. The maximum Gasteiger partial charge on any atom is 0.101 e. The van der Waals surface area contributed by atoms with Crippen LogP contribution in [0.2, 0.25) is 0 Å². The minimum atomic E-state index is 0.322. The Hall–Kier alpha value is -0.580. The topological polar surface area (TPSA) is 25.2 Å². The van der Waals surface area contributed by atoms with E-state index in [-0.39, 0.29) is 0 Å². The Bertz CT molecular complexity index is 463. The Morgan fingerprint density at radius 2 is 2.31 bits per heavy atom. The molecule has 2 aromatic rings. The summed E-state index contributed by atoms with van der Waals surface area (Å²) < 4.78 is 6.50. The highest BCUT2D eigenvalue weighted by Gasteiger charge is 2.13. The summed E-state index contributed by atoms with van der Waals surface area (Å²) in [6.07, 6.45) is 2.82. The van der Waals surface area contributed by atoms with Gasteiger partial charge in [-0.1, -0.05) is 0 Å². The first-order valence-corrected chi connectivity index (χ1v) is 6.81. The van der Waals surface area contributed by atoms with Crippen molar-refractivity contribution < 1.29 is 4.42 Å². The first kappa shape index (κ1) is 11.9. The Kier molecular flexibility index (Phi) is 3.84. The van der Waals surface area contributed by atoms with Crippen LogP contribution in [-0.2, 0) is 6.42 Å². The van der Waals surface area contributed by atoms with Crippen molar-refractivity contribution in [3.05, 3.63) is 44.4 Å². The van der Waals surface area contributed by atoms with Crippen molar-refractivity contribution in [2.45, 2.75) is 19.4 Å². The Labute approximate surface area is 108 Å². The van der Waals surface area contributed by atoms with E-state index in [4.69, 9.17) is 4.42 Å². The third kappa shape index (κ3) is 2.75. The van der Waals surface area contributed by atoms with E-state index < -0.39 is 0 Å². The maximum atomic E-state index is 5.34. The molecule has 2 heterocycles. The van der Waals surface area contributed by atoms with Crippen molar-refractivity contribution in [2.75, 3.05) is 7.05 Å². The van der Waals surface area contributed by atoms with E-state index in [1.165, 1.54) is 10.4 Å². The zero-order chi connectivity index (χ0) is 11.5. The minimum absolute atomic E-state index is 0.322. The van der Waals surface area contributed by atoms with Crippen LogP contribution in [0.15, 0.2) is 32.7 Å². The molecule has 2 nitrogen and oxygen atoms in total. The van der Waals surface area contributed by atoms with E-state index in [0.29, 0.717) is 6.04 Å². The van der Waals surface area contributed by atoms with Crippen LogP contribution >= 0.6 is 27.3 Å². The SMILES string of the molecule is CNC(Cc1cc(Br)cs1)c1coc(C)c1. The van der Waals surface area contributed by atoms with Gasteiger partial charge in [-0.2, -0.15) is 0 Å². The molecule has 2 aromatic heterocycles. The molecule has 16 heavy (non-hydrogen) atoms. The third-order valence-corrected chi connectivity index (χ3v) is 4.25. The number of aryl methyl sites for hydroxylation is 1. The molecule has 86 valence electrons. The summed E-state index contributed by atoms with van der Waals surface area (Å²) in [4.78, 5) is 1.37. The number of hydrogen-bond acceptors (Lipinski definition) is 3. The standard InChI is InChI=1S/C12H14BrNOS/c1-8-3-9(6-15-8)12(14-2)5-11-4-10(13)7-16-11/h3-4,6-7,12,14H,5H2,1-2H3. The van der Waals surface area contributed by atoms with Crippen LogP contribution in [0.5, 0.6) is 0 Å². The van der Waals surface area contributed by atoms with Gasteiger partial charge in [-0.15, -0.1) is 11.3 Å². The van der Waals surface area contributed by atoms with Crippen LogP contribution in [0.3, 0.4) is 0 Å². The Balaban J connectivity index is 2.12. The van der Waals surface area contributed by atoms with Gasteiger partial charge in [0.2, 0.25) is 0 Å². The van der Waals surface area contributed by atoms with Gasteiger partial charge in [0, 0.05) is 32.8 Å². The summed E-state index contributed by atoms with van der Waals surface area (Å²) >= 11 is 5.25. The fraction of sp³-hybridized carbons (Fsp3) is 0.333. The Morgan fingerprint density at radius 1 is 1.50 bits per heavy atom. The van der Waals surface area contributed by atoms with Crippen molar-refractivity contribution in [3.8, 4) is 0 Å². The molecule has 0 radical (unpaired) electrons. The lowest BCUT2D eigenvalue weighted by atomic mass is 10.1. The molecule has 1 N–H and O–H groups in total. The molecule has 0 fully saturated rings. The smallest absolute Gasteiger partial charge is 0.101 e. The second-order valence-corrected chi connectivity index (χ2v) is 5.68. The first-order chi connectivity index (χ1) is 7.69. The van der Waals surface area contributed by atoms with E-state index in [9.17, 15) is 0 Å². The third-order valence-electron chi connectivity index (χ3n) is 2.53. The monoisotopic (exact) mass is 299 g/mol. The number of rotatable bonds is 4.